The molecule has 0 saturated carbocycles. The molecule has 0 aliphatic rings. The zero-order chi connectivity index (χ0) is 18.8. The molecule has 0 amide bonds. The van der Waals surface area contributed by atoms with Crippen molar-refractivity contribution >= 4 is 23.7 Å². The van der Waals surface area contributed by atoms with Crippen LogP contribution in [-0.2, 0) is 9.59 Å². The summed E-state index contributed by atoms with van der Waals surface area (Å²) in [7, 11) is 0. The average Bonchev–Trinajstić information content (AvgIpc) is 2.54. The Bertz CT molecular complexity index is 334. The lowest BCUT2D eigenvalue weighted by Gasteiger charge is -2.13. The van der Waals surface area contributed by atoms with E-state index in [1.165, 1.54) is 76.0 Å². The maximum absolute atomic E-state index is 10.9. The molecule has 0 rings (SSSR count). The molecular weight excluding hydrogens is 336 g/mol. The Kier molecular flexibility index (Phi) is 17.6. The molecule has 0 fully saturated rings. The van der Waals surface area contributed by atoms with E-state index in [1.54, 1.807) is 0 Å². The third kappa shape index (κ3) is 19.5. The van der Waals surface area contributed by atoms with Crippen LogP contribution in [0.4, 0.5) is 0 Å². The second-order valence-electron chi connectivity index (χ2n) is 6.91. The minimum absolute atomic E-state index is 0.0555. The first-order valence-electron chi connectivity index (χ1n) is 10.1. The molecular formula is C20H38O4S. The van der Waals surface area contributed by atoms with Gasteiger partial charge >= 0.3 is 11.9 Å². The van der Waals surface area contributed by atoms with Gasteiger partial charge in [-0.1, -0.05) is 84.0 Å². The van der Waals surface area contributed by atoms with E-state index in [9.17, 15) is 9.59 Å². The molecule has 0 bridgehead atoms. The van der Waals surface area contributed by atoms with Gasteiger partial charge in [0.1, 0.15) is 0 Å². The quantitative estimate of drug-likeness (QED) is 0.266. The number of hydrogen-bond acceptors (Lipinski definition) is 3. The summed E-state index contributed by atoms with van der Waals surface area (Å²) in [6, 6.07) is 0. The number of carbonyl (C=O) groups is 2. The van der Waals surface area contributed by atoms with Gasteiger partial charge in [-0.3, -0.25) is 9.59 Å². The number of thioether (sulfide) groups is 1. The van der Waals surface area contributed by atoms with Gasteiger partial charge in [0, 0.05) is 11.0 Å². The van der Waals surface area contributed by atoms with Crippen molar-refractivity contribution in [3.8, 4) is 0 Å². The summed E-state index contributed by atoms with van der Waals surface area (Å²) in [5.41, 5.74) is 0. The Morgan fingerprint density at radius 2 is 1.24 bits per heavy atom. The number of rotatable bonds is 19. The predicted octanol–water partition coefficient (Wildman–Crippen LogP) is 6.13. The summed E-state index contributed by atoms with van der Waals surface area (Å²) in [5.74, 6) is -1.09. The SMILES string of the molecule is CCCCCCCCCCCCCCC(CC(=O)O)SCCC(=O)O. The first kappa shape index (κ1) is 24.3. The molecule has 2 N–H and O–H groups in total. The molecule has 0 aliphatic carbocycles. The molecule has 0 aliphatic heterocycles. The fourth-order valence-electron chi connectivity index (χ4n) is 2.96. The second-order valence-corrected chi connectivity index (χ2v) is 8.32. The van der Waals surface area contributed by atoms with E-state index in [1.807, 2.05) is 0 Å². The summed E-state index contributed by atoms with van der Waals surface area (Å²) in [6.07, 6.45) is 16.7. The summed E-state index contributed by atoms with van der Waals surface area (Å²) < 4.78 is 0. The highest BCUT2D eigenvalue weighted by Crippen LogP contribution is 2.22. The monoisotopic (exact) mass is 374 g/mol. The molecule has 0 aromatic heterocycles. The van der Waals surface area contributed by atoms with Crippen LogP contribution in [0.3, 0.4) is 0 Å². The smallest absolute Gasteiger partial charge is 0.304 e. The van der Waals surface area contributed by atoms with Gasteiger partial charge in [-0.05, 0) is 6.42 Å². The van der Waals surface area contributed by atoms with Crippen molar-refractivity contribution in [2.45, 2.75) is 108 Å². The molecule has 0 spiro atoms. The van der Waals surface area contributed by atoms with E-state index in [2.05, 4.69) is 6.92 Å². The molecule has 0 radical (unpaired) electrons. The van der Waals surface area contributed by atoms with Gasteiger partial charge in [-0.2, -0.15) is 11.8 Å². The van der Waals surface area contributed by atoms with Crippen molar-refractivity contribution in [2.24, 2.45) is 0 Å². The summed E-state index contributed by atoms with van der Waals surface area (Å²) in [5, 5.41) is 17.7. The normalized spacial score (nSPS) is 12.2. The lowest BCUT2D eigenvalue weighted by Crippen LogP contribution is -2.11. The van der Waals surface area contributed by atoms with Crippen LogP contribution < -0.4 is 0 Å². The highest BCUT2D eigenvalue weighted by atomic mass is 32.2. The van der Waals surface area contributed by atoms with E-state index >= 15 is 0 Å². The minimum Gasteiger partial charge on any atom is -0.481 e. The van der Waals surface area contributed by atoms with Crippen LogP contribution in [0.2, 0.25) is 0 Å². The number of unbranched alkanes of at least 4 members (excludes halogenated alkanes) is 11. The van der Waals surface area contributed by atoms with Crippen LogP contribution in [0.1, 0.15) is 103 Å². The molecule has 1 unspecified atom stereocenters. The first-order valence-corrected chi connectivity index (χ1v) is 11.2. The Morgan fingerprint density at radius 1 is 0.760 bits per heavy atom. The Morgan fingerprint density at radius 3 is 1.68 bits per heavy atom. The van der Waals surface area contributed by atoms with Gasteiger partial charge in [-0.15, -0.1) is 0 Å². The molecule has 25 heavy (non-hydrogen) atoms. The van der Waals surface area contributed by atoms with Gasteiger partial charge < -0.3 is 10.2 Å². The van der Waals surface area contributed by atoms with Crippen molar-refractivity contribution in [2.75, 3.05) is 5.75 Å². The maximum atomic E-state index is 10.9. The van der Waals surface area contributed by atoms with Crippen LogP contribution in [0.15, 0.2) is 0 Å². The van der Waals surface area contributed by atoms with Crippen LogP contribution in [0.5, 0.6) is 0 Å². The fraction of sp³-hybridized carbons (Fsp3) is 0.900. The standard InChI is InChI=1S/C20H38O4S/c1-2-3-4-5-6-7-8-9-10-11-12-13-14-18(17-20(23)24)25-16-15-19(21)22/h18H,2-17H2,1H3,(H,21,22)(H,23,24). The molecule has 5 heteroatoms. The van der Waals surface area contributed by atoms with E-state index in [-0.39, 0.29) is 18.1 Å². The van der Waals surface area contributed by atoms with Crippen molar-refractivity contribution < 1.29 is 19.8 Å². The van der Waals surface area contributed by atoms with Crippen molar-refractivity contribution in [3.05, 3.63) is 0 Å². The molecule has 0 heterocycles. The average molecular weight is 375 g/mol. The van der Waals surface area contributed by atoms with E-state index in [4.69, 9.17) is 10.2 Å². The van der Waals surface area contributed by atoms with Gasteiger partial charge in [0.15, 0.2) is 0 Å². The van der Waals surface area contributed by atoms with Gasteiger partial charge in [0.25, 0.3) is 0 Å². The zero-order valence-corrected chi connectivity index (χ0v) is 16.8. The van der Waals surface area contributed by atoms with Crippen molar-refractivity contribution in [3.63, 3.8) is 0 Å². The molecule has 4 nitrogen and oxygen atoms in total. The van der Waals surface area contributed by atoms with Gasteiger partial charge in [0.05, 0.1) is 12.8 Å². The highest BCUT2D eigenvalue weighted by Gasteiger charge is 2.14. The van der Waals surface area contributed by atoms with Crippen molar-refractivity contribution in [1.29, 1.82) is 0 Å². The largest absolute Gasteiger partial charge is 0.481 e. The first-order chi connectivity index (χ1) is 12.1. The number of hydrogen-bond donors (Lipinski definition) is 2. The Balaban J connectivity index is 3.51. The van der Waals surface area contributed by atoms with Gasteiger partial charge in [0.2, 0.25) is 0 Å². The second kappa shape index (κ2) is 18.1. The van der Waals surface area contributed by atoms with Crippen molar-refractivity contribution in [1.82, 2.24) is 0 Å². The fourth-order valence-corrected chi connectivity index (χ4v) is 4.18. The highest BCUT2D eigenvalue weighted by molar-refractivity contribution is 7.99. The molecule has 148 valence electrons. The van der Waals surface area contributed by atoms with Crippen LogP contribution >= 0.6 is 11.8 Å². The summed E-state index contributed by atoms with van der Waals surface area (Å²) in [4.78, 5) is 21.4. The van der Waals surface area contributed by atoms with Crippen LogP contribution in [0, 0.1) is 0 Å². The van der Waals surface area contributed by atoms with E-state index in [0.29, 0.717) is 5.75 Å². The number of carboxylic acids is 2. The predicted molar refractivity (Wildman–Crippen MR) is 106 cm³/mol. The lowest BCUT2D eigenvalue weighted by molar-refractivity contribution is -0.137. The van der Waals surface area contributed by atoms with Crippen LogP contribution in [-0.4, -0.2) is 33.2 Å². The lowest BCUT2D eigenvalue weighted by atomic mass is 10.0. The third-order valence-electron chi connectivity index (χ3n) is 4.45. The third-order valence-corrected chi connectivity index (χ3v) is 5.77. The topological polar surface area (TPSA) is 74.6 Å². The minimum atomic E-state index is -0.813. The summed E-state index contributed by atoms with van der Waals surface area (Å²) in [6.45, 7) is 2.25. The molecule has 0 saturated heterocycles. The maximum Gasteiger partial charge on any atom is 0.304 e. The van der Waals surface area contributed by atoms with E-state index < -0.39 is 11.9 Å². The summed E-state index contributed by atoms with van der Waals surface area (Å²) >= 11 is 1.50. The molecule has 1 atom stereocenters. The van der Waals surface area contributed by atoms with Gasteiger partial charge in [-0.25, -0.2) is 0 Å². The van der Waals surface area contributed by atoms with E-state index in [0.717, 1.165) is 19.3 Å². The molecule has 0 aromatic carbocycles. The molecule has 0 aromatic rings. The number of carboxylic acid groups (broad SMARTS) is 2. The number of aliphatic carboxylic acids is 2. The Hall–Kier alpha value is -0.710. The zero-order valence-electron chi connectivity index (χ0n) is 16.0. The Labute approximate surface area is 158 Å². The van der Waals surface area contributed by atoms with Crippen LogP contribution in [0.25, 0.3) is 0 Å².